The van der Waals surface area contributed by atoms with Crippen LogP contribution in [0.3, 0.4) is 0 Å². The molecule has 0 aromatic heterocycles. The van der Waals surface area contributed by atoms with Crippen LogP contribution in [0.4, 0.5) is 0 Å². The zero-order chi connectivity index (χ0) is 12.3. The Labute approximate surface area is 107 Å². The maximum absolute atomic E-state index is 6.23. The van der Waals surface area contributed by atoms with Crippen LogP contribution in [0.5, 0.6) is 0 Å². The summed E-state index contributed by atoms with van der Waals surface area (Å²) in [4.78, 5) is 2.82. The highest BCUT2D eigenvalue weighted by molar-refractivity contribution is 5.01. The first-order valence-corrected chi connectivity index (χ1v) is 7.71. The van der Waals surface area contributed by atoms with Gasteiger partial charge in [-0.05, 0) is 44.6 Å². The third-order valence-corrected chi connectivity index (χ3v) is 5.44. The number of piperidine rings is 1. The maximum Gasteiger partial charge on any atom is 0.0360 e. The first-order valence-electron chi connectivity index (χ1n) is 7.71. The molecule has 2 heteroatoms. The van der Waals surface area contributed by atoms with Gasteiger partial charge in [0.25, 0.3) is 0 Å². The highest BCUT2D eigenvalue weighted by Gasteiger charge is 2.44. The maximum atomic E-state index is 6.23. The fourth-order valence-electron chi connectivity index (χ4n) is 4.26. The van der Waals surface area contributed by atoms with E-state index in [0.29, 0.717) is 5.54 Å². The lowest BCUT2D eigenvalue weighted by Crippen LogP contribution is -2.63. The van der Waals surface area contributed by atoms with Crippen molar-refractivity contribution in [2.24, 2.45) is 11.7 Å². The summed E-state index contributed by atoms with van der Waals surface area (Å²) < 4.78 is 0. The minimum atomic E-state index is 0.333. The van der Waals surface area contributed by atoms with Crippen LogP contribution < -0.4 is 5.73 Å². The van der Waals surface area contributed by atoms with Gasteiger partial charge in [0, 0.05) is 18.1 Å². The molecular formula is C15H30N2. The molecular weight excluding hydrogens is 208 g/mol. The van der Waals surface area contributed by atoms with Crippen molar-refractivity contribution in [1.82, 2.24) is 4.90 Å². The van der Waals surface area contributed by atoms with Gasteiger partial charge in [0.2, 0.25) is 0 Å². The topological polar surface area (TPSA) is 29.3 Å². The Morgan fingerprint density at radius 3 is 2.59 bits per heavy atom. The zero-order valence-electron chi connectivity index (χ0n) is 11.8. The molecule has 0 radical (unpaired) electrons. The summed E-state index contributed by atoms with van der Waals surface area (Å²) in [6.45, 7) is 6.94. The van der Waals surface area contributed by atoms with Gasteiger partial charge in [-0.3, -0.25) is 4.90 Å². The Hall–Kier alpha value is -0.0800. The van der Waals surface area contributed by atoms with Crippen LogP contribution in [0.2, 0.25) is 0 Å². The molecule has 100 valence electrons. The largest absolute Gasteiger partial charge is 0.329 e. The van der Waals surface area contributed by atoms with E-state index in [1.165, 1.54) is 57.9 Å². The van der Waals surface area contributed by atoms with Crippen LogP contribution in [-0.4, -0.2) is 29.6 Å². The van der Waals surface area contributed by atoms with Crippen molar-refractivity contribution in [3.8, 4) is 0 Å². The van der Waals surface area contributed by atoms with Crippen LogP contribution in [0.15, 0.2) is 0 Å². The van der Waals surface area contributed by atoms with E-state index in [-0.39, 0.29) is 0 Å². The van der Waals surface area contributed by atoms with Gasteiger partial charge >= 0.3 is 0 Å². The normalized spacial score (nSPS) is 40.4. The molecule has 1 aliphatic carbocycles. The average Bonchev–Trinajstić information content (AvgIpc) is 2.40. The Morgan fingerprint density at radius 1 is 1.18 bits per heavy atom. The third-order valence-electron chi connectivity index (χ3n) is 5.44. The average molecular weight is 238 g/mol. The van der Waals surface area contributed by atoms with E-state index in [1.54, 1.807) is 0 Å². The first-order chi connectivity index (χ1) is 8.24. The minimum absolute atomic E-state index is 0.333. The molecule has 0 amide bonds. The molecule has 3 atom stereocenters. The fourth-order valence-corrected chi connectivity index (χ4v) is 4.26. The van der Waals surface area contributed by atoms with E-state index in [0.717, 1.165) is 18.5 Å². The predicted octanol–water partition coefficient (Wildman–Crippen LogP) is 3.16. The van der Waals surface area contributed by atoms with Crippen molar-refractivity contribution in [1.29, 1.82) is 0 Å². The molecule has 3 unspecified atom stereocenters. The van der Waals surface area contributed by atoms with Crippen LogP contribution in [-0.2, 0) is 0 Å². The van der Waals surface area contributed by atoms with Gasteiger partial charge < -0.3 is 5.73 Å². The molecule has 2 fully saturated rings. The van der Waals surface area contributed by atoms with Gasteiger partial charge in [0.15, 0.2) is 0 Å². The fraction of sp³-hybridized carbons (Fsp3) is 1.00. The van der Waals surface area contributed by atoms with E-state index >= 15 is 0 Å². The molecule has 2 aliphatic rings. The standard InChI is InChI=1S/C15H30N2/c1-3-14-9-5-7-11-17(14)15(12-16)10-6-4-8-13(15)2/h13-14H,3-12,16H2,1-2H3. The molecule has 0 aromatic rings. The second-order valence-electron chi connectivity index (χ2n) is 6.21. The van der Waals surface area contributed by atoms with Crippen molar-refractivity contribution >= 4 is 0 Å². The lowest BCUT2D eigenvalue weighted by molar-refractivity contribution is -0.0364. The monoisotopic (exact) mass is 238 g/mol. The van der Waals surface area contributed by atoms with Crippen molar-refractivity contribution < 1.29 is 0 Å². The van der Waals surface area contributed by atoms with Gasteiger partial charge in [-0.25, -0.2) is 0 Å². The first kappa shape index (κ1) is 13.4. The SMILES string of the molecule is CCC1CCCCN1C1(CN)CCCCC1C. The quantitative estimate of drug-likeness (QED) is 0.818. The van der Waals surface area contributed by atoms with Gasteiger partial charge in [0.05, 0.1) is 0 Å². The summed E-state index contributed by atoms with van der Waals surface area (Å²) in [5.74, 6) is 0.786. The van der Waals surface area contributed by atoms with Crippen LogP contribution in [0.25, 0.3) is 0 Å². The molecule has 1 saturated carbocycles. The Balaban J connectivity index is 2.19. The minimum Gasteiger partial charge on any atom is -0.329 e. The summed E-state index contributed by atoms with van der Waals surface area (Å²) in [7, 11) is 0. The number of hydrogen-bond donors (Lipinski definition) is 1. The second-order valence-corrected chi connectivity index (χ2v) is 6.21. The van der Waals surface area contributed by atoms with Gasteiger partial charge in [-0.2, -0.15) is 0 Å². The van der Waals surface area contributed by atoms with Gasteiger partial charge in [-0.15, -0.1) is 0 Å². The van der Waals surface area contributed by atoms with Crippen LogP contribution >= 0.6 is 0 Å². The number of nitrogens with two attached hydrogens (primary N) is 1. The second kappa shape index (κ2) is 5.71. The third kappa shape index (κ3) is 2.39. The summed E-state index contributed by atoms with van der Waals surface area (Å²) >= 11 is 0. The molecule has 2 rings (SSSR count). The number of nitrogens with zero attached hydrogens (tertiary/aromatic N) is 1. The van der Waals surface area contributed by atoms with E-state index in [2.05, 4.69) is 18.7 Å². The van der Waals surface area contributed by atoms with Crippen molar-refractivity contribution in [3.05, 3.63) is 0 Å². The number of hydrogen-bond acceptors (Lipinski definition) is 2. The van der Waals surface area contributed by atoms with Gasteiger partial charge in [-0.1, -0.05) is 33.1 Å². The molecule has 2 nitrogen and oxygen atoms in total. The smallest absolute Gasteiger partial charge is 0.0360 e. The van der Waals surface area contributed by atoms with Crippen molar-refractivity contribution in [2.75, 3.05) is 13.1 Å². The molecule has 0 aromatic carbocycles. The summed E-state index contributed by atoms with van der Waals surface area (Å²) in [6, 6.07) is 0.799. The van der Waals surface area contributed by atoms with Crippen molar-refractivity contribution in [3.63, 3.8) is 0 Å². The van der Waals surface area contributed by atoms with E-state index in [9.17, 15) is 0 Å². The van der Waals surface area contributed by atoms with Gasteiger partial charge in [0.1, 0.15) is 0 Å². The molecule has 0 spiro atoms. The Bertz CT molecular complexity index is 241. The highest BCUT2D eigenvalue weighted by atomic mass is 15.2. The zero-order valence-corrected chi connectivity index (χ0v) is 11.8. The van der Waals surface area contributed by atoms with E-state index in [4.69, 9.17) is 5.73 Å². The summed E-state index contributed by atoms with van der Waals surface area (Å²) in [6.07, 6.45) is 11.0. The molecule has 1 heterocycles. The number of rotatable bonds is 3. The molecule has 1 saturated heterocycles. The molecule has 1 aliphatic heterocycles. The van der Waals surface area contributed by atoms with Crippen LogP contribution in [0.1, 0.15) is 65.2 Å². The predicted molar refractivity (Wildman–Crippen MR) is 74.1 cm³/mol. The van der Waals surface area contributed by atoms with E-state index < -0.39 is 0 Å². The highest BCUT2D eigenvalue weighted by Crippen LogP contribution is 2.41. The van der Waals surface area contributed by atoms with Crippen LogP contribution in [0, 0.1) is 5.92 Å². The number of likely N-dealkylation sites (tertiary alicyclic amines) is 1. The summed E-state index contributed by atoms with van der Waals surface area (Å²) in [5, 5.41) is 0. The van der Waals surface area contributed by atoms with E-state index in [1.807, 2.05) is 0 Å². The Kier molecular flexibility index (Phi) is 4.48. The molecule has 0 bridgehead atoms. The Morgan fingerprint density at radius 2 is 1.94 bits per heavy atom. The summed E-state index contributed by atoms with van der Waals surface area (Å²) in [5.41, 5.74) is 6.57. The molecule has 17 heavy (non-hydrogen) atoms. The lowest BCUT2D eigenvalue weighted by Gasteiger charge is -2.54. The molecule has 2 N–H and O–H groups in total. The van der Waals surface area contributed by atoms with Crippen molar-refractivity contribution in [2.45, 2.75) is 76.8 Å². The lowest BCUT2D eigenvalue weighted by atomic mass is 9.71.